The quantitative estimate of drug-likeness (QED) is 0.565. The van der Waals surface area contributed by atoms with E-state index in [9.17, 15) is 9.59 Å². The van der Waals surface area contributed by atoms with Gasteiger partial charge >= 0.3 is 11.9 Å². The van der Waals surface area contributed by atoms with Gasteiger partial charge in [0.15, 0.2) is 0 Å². The molecule has 18 heavy (non-hydrogen) atoms. The van der Waals surface area contributed by atoms with Crippen LogP contribution in [-0.2, 0) is 19.1 Å². The molecule has 0 fully saturated rings. The topological polar surface area (TPSA) is 52.6 Å². The standard InChI is InChI=1S/C14H26O4/c1-4-7-12(3)11-18-14(16)9-6-8-13(15)17-10-5-2/h12H,4-11H2,1-3H3. The molecule has 0 N–H and O–H groups in total. The van der Waals surface area contributed by atoms with Gasteiger partial charge in [-0.25, -0.2) is 0 Å². The number of carbonyl (C=O) groups is 2. The normalized spacial score (nSPS) is 11.9. The summed E-state index contributed by atoms with van der Waals surface area (Å²) in [7, 11) is 0. The van der Waals surface area contributed by atoms with E-state index in [2.05, 4.69) is 13.8 Å². The summed E-state index contributed by atoms with van der Waals surface area (Å²) in [5, 5.41) is 0. The molecule has 0 aliphatic heterocycles. The average Bonchev–Trinajstić information content (AvgIpc) is 2.34. The molecule has 4 heteroatoms. The molecule has 0 saturated heterocycles. The number of ether oxygens (including phenoxy) is 2. The summed E-state index contributed by atoms with van der Waals surface area (Å²) in [5.74, 6) is -0.0429. The van der Waals surface area contributed by atoms with Crippen LogP contribution in [-0.4, -0.2) is 25.2 Å². The molecule has 0 aliphatic carbocycles. The minimum atomic E-state index is -0.232. The Bertz CT molecular complexity index is 238. The van der Waals surface area contributed by atoms with Gasteiger partial charge in [-0.3, -0.25) is 9.59 Å². The SMILES string of the molecule is CCCOC(=O)CCCC(=O)OCC(C)CCC. The second-order valence-electron chi connectivity index (χ2n) is 4.65. The fraction of sp³-hybridized carbons (Fsp3) is 0.857. The first kappa shape index (κ1) is 16.9. The van der Waals surface area contributed by atoms with Crippen LogP contribution in [0, 0.1) is 5.92 Å². The highest BCUT2D eigenvalue weighted by molar-refractivity contribution is 5.72. The molecule has 0 radical (unpaired) electrons. The number of hydrogen-bond acceptors (Lipinski definition) is 4. The molecule has 1 unspecified atom stereocenters. The fourth-order valence-electron chi connectivity index (χ4n) is 1.55. The Morgan fingerprint density at radius 3 is 2.17 bits per heavy atom. The highest BCUT2D eigenvalue weighted by Crippen LogP contribution is 2.07. The van der Waals surface area contributed by atoms with Crippen LogP contribution in [0.4, 0.5) is 0 Å². The van der Waals surface area contributed by atoms with E-state index in [1.54, 1.807) is 0 Å². The monoisotopic (exact) mass is 258 g/mol. The van der Waals surface area contributed by atoms with Crippen LogP contribution >= 0.6 is 0 Å². The van der Waals surface area contributed by atoms with Crippen molar-refractivity contribution in [2.24, 2.45) is 5.92 Å². The maximum absolute atomic E-state index is 11.4. The fourth-order valence-corrected chi connectivity index (χ4v) is 1.55. The van der Waals surface area contributed by atoms with E-state index in [4.69, 9.17) is 9.47 Å². The van der Waals surface area contributed by atoms with Crippen LogP contribution in [0.15, 0.2) is 0 Å². The van der Waals surface area contributed by atoms with E-state index in [0.717, 1.165) is 19.3 Å². The summed E-state index contributed by atoms with van der Waals surface area (Å²) in [6.07, 6.45) is 4.07. The first-order valence-corrected chi connectivity index (χ1v) is 6.91. The van der Waals surface area contributed by atoms with Gasteiger partial charge in [0.1, 0.15) is 0 Å². The van der Waals surface area contributed by atoms with E-state index in [1.807, 2.05) is 6.92 Å². The predicted octanol–water partition coefficient (Wildman–Crippen LogP) is 3.09. The maximum atomic E-state index is 11.4. The molecule has 4 nitrogen and oxygen atoms in total. The minimum absolute atomic E-state index is 0.221. The summed E-state index contributed by atoms with van der Waals surface area (Å²) >= 11 is 0. The molecular weight excluding hydrogens is 232 g/mol. The number of carbonyl (C=O) groups excluding carboxylic acids is 2. The first-order valence-electron chi connectivity index (χ1n) is 6.91. The average molecular weight is 258 g/mol. The Kier molecular flexibility index (Phi) is 10.4. The van der Waals surface area contributed by atoms with Crippen molar-refractivity contribution in [3.8, 4) is 0 Å². The number of hydrogen-bond donors (Lipinski definition) is 0. The zero-order valence-corrected chi connectivity index (χ0v) is 11.9. The Morgan fingerprint density at radius 1 is 1.00 bits per heavy atom. The lowest BCUT2D eigenvalue weighted by molar-refractivity contribution is -0.146. The summed E-state index contributed by atoms with van der Waals surface area (Å²) in [6, 6.07) is 0. The van der Waals surface area contributed by atoms with Crippen molar-refractivity contribution in [1.29, 1.82) is 0 Å². The lowest BCUT2D eigenvalue weighted by atomic mass is 10.1. The zero-order valence-electron chi connectivity index (χ0n) is 11.9. The smallest absolute Gasteiger partial charge is 0.305 e. The Morgan fingerprint density at radius 2 is 1.61 bits per heavy atom. The molecule has 0 heterocycles. The van der Waals surface area contributed by atoms with Gasteiger partial charge in [-0.15, -0.1) is 0 Å². The van der Waals surface area contributed by atoms with Crippen LogP contribution in [0.3, 0.4) is 0 Å². The molecule has 0 aromatic rings. The summed E-state index contributed by atoms with van der Waals surface area (Å²) in [5.41, 5.74) is 0. The van der Waals surface area contributed by atoms with Gasteiger partial charge in [0.05, 0.1) is 13.2 Å². The van der Waals surface area contributed by atoms with Crippen molar-refractivity contribution >= 4 is 11.9 Å². The van der Waals surface area contributed by atoms with Crippen LogP contribution in [0.2, 0.25) is 0 Å². The highest BCUT2D eigenvalue weighted by Gasteiger charge is 2.08. The molecular formula is C14H26O4. The van der Waals surface area contributed by atoms with Crippen LogP contribution < -0.4 is 0 Å². The third-order valence-electron chi connectivity index (χ3n) is 2.54. The summed E-state index contributed by atoms with van der Waals surface area (Å²) in [4.78, 5) is 22.5. The molecule has 1 atom stereocenters. The van der Waals surface area contributed by atoms with Crippen molar-refractivity contribution in [2.75, 3.05) is 13.2 Å². The third kappa shape index (κ3) is 10.1. The predicted molar refractivity (Wildman–Crippen MR) is 70.1 cm³/mol. The molecule has 0 spiro atoms. The molecule has 0 aromatic carbocycles. The second-order valence-corrected chi connectivity index (χ2v) is 4.65. The Hall–Kier alpha value is -1.06. The van der Waals surface area contributed by atoms with E-state index < -0.39 is 0 Å². The van der Waals surface area contributed by atoms with E-state index in [0.29, 0.717) is 38.4 Å². The molecule has 0 aliphatic rings. The van der Waals surface area contributed by atoms with Crippen molar-refractivity contribution in [2.45, 2.75) is 59.3 Å². The Balaban J connectivity index is 3.50. The van der Waals surface area contributed by atoms with Gasteiger partial charge in [0.2, 0.25) is 0 Å². The molecule has 106 valence electrons. The van der Waals surface area contributed by atoms with Crippen LogP contribution in [0.1, 0.15) is 59.3 Å². The Labute approximate surface area is 110 Å². The third-order valence-corrected chi connectivity index (χ3v) is 2.54. The van der Waals surface area contributed by atoms with Gasteiger partial charge in [0.25, 0.3) is 0 Å². The lowest BCUT2D eigenvalue weighted by Crippen LogP contribution is -2.12. The van der Waals surface area contributed by atoms with Gasteiger partial charge < -0.3 is 9.47 Å². The van der Waals surface area contributed by atoms with Crippen LogP contribution in [0.5, 0.6) is 0 Å². The van der Waals surface area contributed by atoms with Crippen molar-refractivity contribution in [3.63, 3.8) is 0 Å². The zero-order chi connectivity index (χ0) is 13.8. The number of esters is 2. The molecule has 0 amide bonds. The van der Waals surface area contributed by atoms with Gasteiger partial charge in [-0.2, -0.15) is 0 Å². The van der Waals surface area contributed by atoms with Gasteiger partial charge in [-0.1, -0.05) is 27.2 Å². The molecule has 0 rings (SSSR count). The van der Waals surface area contributed by atoms with Crippen LogP contribution in [0.25, 0.3) is 0 Å². The summed E-state index contributed by atoms with van der Waals surface area (Å²) < 4.78 is 10.0. The van der Waals surface area contributed by atoms with Gasteiger partial charge in [-0.05, 0) is 25.2 Å². The summed E-state index contributed by atoms with van der Waals surface area (Å²) in [6.45, 7) is 7.06. The lowest BCUT2D eigenvalue weighted by Gasteiger charge is -2.10. The molecule has 0 bridgehead atoms. The minimum Gasteiger partial charge on any atom is -0.466 e. The van der Waals surface area contributed by atoms with Gasteiger partial charge in [0, 0.05) is 12.8 Å². The van der Waals surface area contributed by atoms with E-state index in [-0.39, 0.29) is 11.9 Å². The number of rotatable bonds is 10. The second kappa shape index (κ2) is 11.1. The maximum Gasteiger partial charge on any atom is 0.305 e. The van der Waals surface area contributed by atoms with Crippen molar-refractivity contribution < 1.29 is 19.1 Å². The van der Waals surface area contributed by atoms with E-state index in [1.165, 1.54) is 0 Å². The molecule has 0 saturated carbocycles. The molecule has 0 aromatic heterocycles. The first-order chi connectivity index (χ1) is 8.60. The van der Waals surface area contributed by atoms with E-state index >= 15 is 0 Å². The van der Waals surface area contributed by atoms with Crippen molar-refractivity contribution in [1.82, 2.24) is 0 Å². The largest absolute Gasteiger partial charge is 0.466 e. The van der Waals surface area contributed by atoms with Crippen molar-refractivity contribution in [3.05, 3.63) is 0 Å². The highest BCUT2D eigenvalue weighted by atomic mass is 16.5.